The zero-order valence-corrected chi connectivity index (χ0v) is 13.3. The highest BCUT2D eigenvalue weighted by atomic mass is 19.4. The molecule has 0 aliphatic rings. The topological polar surface area (TPSA) is 28.2 Å². The maximum Gasteiger partial charge on any atom is 0.390 e. The molecule has 0 unspecified atom stereocenters. The number of pyridine rings is 1. The minimum absolute atomic E-state index is 0.00854. The van der Waals surface area contributed by atoms with E-state index in [1.165, 1.54) is 4.90 Å². The van der Waals surface area contributed by atoms with E-state index in [9.17, 15) is 13.2 Å². The number of anilines is 1. The minimum atomic E-state index is -4.14. The maximum atomic E-state index is 12.2. The van der Waals surface area contributed by atoms with Crippen molar-refractivity contribution < 1.29 is 13.2 Å². The van der Waals surface area contributed by atoms with Gasteiger partial charge in [-0.15, -0.1) is 0 Å². The van der Waals surface area contributed by atoms with Crippen molar-refractivity contribution in [3.8, 4) is 0 Å². The second-order valence-corrected chi connectivity index (χ2v) is 6.30. The van der Waals surface area contributed by atoms with Crippen LogP contribution in [-0.2, 0) is 6.54 Å². The summed E-state index contributed by atoms with van der Waals surface area (Å²) < 4.78 is 36.7. The smallest absolute Gasteiger partial charge is 0.359 e. The quantitative estimate of drug-likeness (QED) is 0.899. The largest absolute Gasteiger partial charge is 0.390 e. The van der Waals surface area contributed by atoms with Crippen molar-refractivity contribution in [1.82, 2.24) is 10.3 Å². The minimum Gasteiger partial charge on any atom is -0.359 e. The number of nitrogens with one attached hydrogen (secondary N) is 1. The van der Waals surface area contributed by atoms with Gasteiger partial charge in [0.25, 0.3) is 0 Å². The molecule has 0 amide bonds. The number of hydrogen-bond acceptors (Lipinski definition) is 3. The van der Waals surface area contributed by atoms with Crippen molar-refractivity contribution in [1.29, 1.82) is 0 Å². The molecule has 0 aliphatic heterocycles. The molecule has 6 heteroatoms. The first-order valence-electron chi connectivity index (χ1n) is 6.97. The lowest BCUT2D eigenvalue weighted by Gasteiger charge is -2.23. The Bertz CT molecular complexity index is 464. The third kappa shape index (κ3) is 6.80. The fourth-order valence-corrected chi connectivity index (χ4v) is 1.75. The van der Waals surface area contributed by atoms with Crippen molar-refractivity contribution in [2.45, 2.75) is 52.4 Å². The van der Waals surface area contributed by atoms with Gasteiger partial charge in [-0.05, 0) is 39.3 Å². The molecule has 0 bridgehead atoms. The lowest BCUT2D eigenvalue weighted by atomic mass is 10.1. The summed E-state index contributed by atoms with van der Waals surface area (Å²) in [4.78, 5) is 5.92. The van der Waals surface area contributed by atoms with E-state index in [4.69, 9.17) is 0 Å². The summed E-state index contributed by atoms with van der Waals surface area (Å²) >= 11 is 0. The predicted molar refractivity (Wildman–Crippen MR) is 79.5 cm³/mol. The van der Waals surface area contributed by atoms with Crippen LogP contribution in [0.4, 0.5) is 19.0 Å². The number of nitrogens with zero attached hydrogens (tertiary/aromatic N) is 2. The van der Waals surface area contributed by atoms with Crippen LogP contribution in [-0.4, -0.2) is 30.3 Å². The molecule has 0 fully saturated rings. The van der Waals surface area contributed by atoms with Gasteiger partial charge in [0.15, 0.2) is 0 Å². The summed E-state index contributed by atoms with van der Waals surface area (Å²) in [6.45, 7) is 8.71. The normalized spacial score (nSPS) is 12.6. The molecule has 0 atom stereocenters. The zero-order chi connectivity index (χ0) is 16.3. The van der Waals surface area contributed by atoms with Gasteiger partial charge in [-0.25, -0.2) is 4.98 Å². The molecule has 0 spiro atoms. The van der Waals surface area contributed by atoms with Gasteiger partial charge in [-0.1, -0.05) is 6.07 Å². The molecular weight excluding hydrogens is 279 g/mol. The summed E-state index contributed by atoms with van der Waals surface area (Å²) in [6.07, 6.45) is -4.97. The molecule has 3 nitrogen and oxygen atoms in total. The van der Waals surface area contributed by atoms with Crippen LogP contribution < -0.4 is 10.2 Å². The van der Waals surface area contributed by atoms with E-state index in [2.05, 4.69) is 31.1 Å². The lowest BCUT2D eigenvalue weighted by Crippen LogP contribution is -2.35. The van der Waals surface area contributed by atoms with Crippen molar-refractivity contribution in [2.24, 2.45) is 0 Å². The molecule has 21 heavy (non-hydrogen) atoms. The van der Waals surface area contributed by atoms with Crippen molar-refractivity contribution in [2.75, 3.05) is 18.5 Å². The highest BCUT2D eigenvalue weighted by Gasteiger charge is 2.27. The highest BCUT2D eigenvalue weighted by Crippen LogP contribution is 2.21. The van der Waals surface area contributed by atoms with E-state index >= 15 is 0 Å². The predicted octanol–water partition coefficient (Wildman–Crippen LogP) is 3.67. The molecule has 0 aliphatic carbocycles. The third-order valence-electron chi connectivity index (χ3n) is 3.11. The average Bonchev–Trinajstić information content (AvgIpc) is 2.32. The molecule has 1 heterocycles. The van der Waals surface area contributed by atoms with Gasteiger partial charge in [0, 0.05) is 31.4 Å². The Morgan fingerprint density at radius 3 is 2.29 bits per heavy atom. The van der Waals surface area contributed by atoms with Crippen LogP contribution in [0.5, 0.6) is 0 Å². The van der Waals surface area contributed by atoms with Crippen molar-refractivity contribution in [3.63, 3.8) is 0 Å². The van der Waals surface area contributed by atoms with Crippen LogP contribution in [0.1, 0.15) is 38.4 Å². The van der Waals surface area contributed by atoms with Gasteiger partial charge in [0.05, 0.1) is 6.42 Å². The van der Waals surface area contributed by atoms with Crippen LogP contribution in [0.25, 0.3) is 0 Å². The number of hydrogen-bond donors (Lipinski definition) is 1. The fraction of sp³-hybridized carbons (Fsp3) is 0.667. The molecule has 0 saturated carbocycles. The number of aryl methyl sites for hydroxylation is 1. The van der Waals surface area contributed by atoms with Gasteiger partial charge in [0.2, 0.25) is 0 Å². The summed E-state index contributed by atoms with van der Waals surface area (Å²) in [5.41, 5.74) is 1.90. The van der Waals surface area contributed by atoms with Crippen molar-refractivity contribution in [3.05, 3.63) is 23.4 Å². The second-order valence-electron chi connectivity index (χ2n) is 6.30. The summed E-state index contributed by atoms with van der Waals surface area (Å²) in [6, 6.07) is 3.68. The molecule has 1 aromatic heterocycles. The van der Waals surface area contributed by atoms with E-state index in [0.717, 1.165) is 11.3 Å². The Morgan fingerprint density at radius 1 is 1.19 bits per heavy atom. The summed E-state index contributed by atoms with van der Waals surface area (Å²) in [7, 11) is 1.63. The van der Waals surface area contributed by atoms with Gasteiger partial charge in [-0.3, -0.25) is 0 Å². The molecule has 1 N–H and O–H groups in total. The van der Waals surface area contributed by atoms with Gasteiger partial charge in [0.1, 0.15) is 5.82 Å². The van der Waals surface area contributed by atoms with E-state index in [1.54, 1.807) is 13.1 Å². The number of halogens is 3. The third-order valence-corrected chi connectivity index (χ3v) is 3.11. The van der Waals surface area contributed by atoms with E-state index in [0.29, 0.717) is 12.4 Å². The zero-order valence-electron chi connectivity index (χ0n) is 13.3. The molecule has 1 rings (SSSR count). The Hall–Kier alpha value is -1.30. The highest BCUT2D eigenvalue weighted by molar-refractivity contribution is 5.40. The first-order valence-corrected chi connectivity index (χ1v) is 6.97. The monoisotopic (exact) mass is 303 g/mol. The Morgan fingerprint density at radius 2 is 1.81 bits per heavy atom. The van der Waals surface area contributed by atoms with E-state index in [1.807, 2.05) is 13.0 Å². The standard InChI is InChI=1S/C15H24F3N3/c1-11-12(10-19-14(2,3)4)6-7-13(20-11)21(5)9-8-15(16,17)18/h6-7,19H,8-10H2,1-5H3. The van der Waals surface area contributed by atoms with Gasteiger partial charge < -0.3 is 10.2 Å². The van der Waals surface area contributed by atoms with Gasteiger partial charge >= 0.3 is 6.18 Å². The number of alkyl halides is 3. The second kappa shape index (κ2) is 6.64. The number of aromatic nitrogens is 1. The molecule has 0 radical (unpaired) electrons. The maximum absolute atomic E-state index is 12.2. The molecule has 0 saturated heterocycles. The number of rotatable bonds is 5. The summed E-state index contributed by atoms with van der Waals surface area (Å²) in [5, 5.41) is 3.37. The SMILES string of the molecule is Cc1nc(N(C)CCC(F)(F)F)ccc1CNC(C)(C)C. The van der Waals surface area contributed by atoms with Crippen LogP contribution in [0.3, 0.4) is 0 Å². The molecule has 1 aromatic rings. The summed E-state index contributed by atoms with van der Waals surface area (Å²) in [5.74, 6) is 0.566. The average molecular weight is 303 g/mol. The fourth-order valence-electron chi connectivity index (χ4n) is 1.75. The molecule has 120 valence electrons. The Labute approximate surface area is 124 Å². The lowest BCUT2D eigenvalue weighted by molar-refractivity contribution is -0.132. The van der Waals surface area contributed by atoms with Crippen LogP contribution in [0.15, 0.2) is 12.1 Å². The Balaban J connectivity index is 2.69. The van der Waals surface area contributed by atoms with Crippen LogP contribution in [0.2, 0.25) is 0 Å². The van der Waals surface area contributed by atoms with E-state index in [-0.39, 0.29) is 12.1 Å². The Kier molecular flexibility index (Phi) is 5.61. The van der Waals surface area contributed by atoms with Gasteiger partial charge in [-0.2, -0.15) is 13.2 Å². The first-order chi connectivity index (χ1) is 9.48. The van der Waals surface area contributed by atoms with Crippen molar-refractivity contribution >= 4 is 5.82 Å². The molecular formula is C15H24F3N3. The van der Waals surface area contributed by atoms with Crippen LogP contribution in [0, 0.1) is 6.92 Å². The first kappa shape index (κ1) is 17.8. The van der Waals surface area contributed by atoms with E-state index < -0.39 is 12.6 Å². The molecule has 0 aromatic carbocycles. The van der Waals surface area contributed by atoms with Crippen LogP contribution >= 0.6 is 0 Å².